The standard InChI is InChI=1S/C40H70NO8P/c1-6-8-10-12-14-15-16-17-18-19-20-21-22-23-24-25-27-29-31-33-40(43)49-38(37-48-50(44,45)47-35-34-41(3,4)5)36-46-39(42)32-30-28-26-13-11-9-7-2/h14-15,17-18,20-21,23-24,27,29,38H,6-13,16,19,22,25-26,28,30-37H2,1-5H3/p+1/b15-14+,18-17+,21-20+,24-23+,29-27+/t38-/m1/s1. The molecule has 1 N–H and O–H groups in total. The molecule has 0 spiro atoms. The molecule has 288 valence electrons. The first kappa shape index (κ1) is 47.7. The van der Waals surface area contributed by atoms with Gasteiger partial charge in [-0.25, -0.2) is 4.57 Å². The normalized spacial score (nSPS) is 14.4. The van der Waals surface area contributed by atoms with Crippen molar-refractivity contribution < 1.29 is 42.1 Å². The van der Waals surface area contributed by atoms with Crippen molar-refractivity contribution in [2.45, 2.75) is 136 Å². The molecular formula is C40H71NO8P+. The van der Waals surface area contributed by atoms with Gasteiger partial charge in [0.05, 0.1) is 27.7 Å². The molecule has 50 heavy (non-hydrogen) atoms. The Labute approximate surface area is 305 Å². The van der Waals surface area contributed by atoms with E-state index in [-0.39, 0.29) is 26.1 Å². The van der Waals surface area contributed by atoms with E-state index in [0.29, 0.717) is 17.4 Å². The smallest absolute Gasteiger partial charge is 0.462 e. The van der Waals surface area contributed by atoms with E-state index in [0.717, 1.165) is 51.4 Å². The van der Waals surface area contributed by atoms with Gasteiger partial charge in [-0.05, 0) is 51.4 Å². The summed E-state index contributed by atoms with van der Waals surface area (Å²) in [5, 5.41) is 0. The van der Waals surface area contributed by atoms with Crippen LogP contribution in [0.3, 0.4) is 0 Å². The van der Waals surface area contributed by atoms with E-state index >= 15 is 0 Å². The van der Waals surface area contributed by atoms with Gasteiger partial charge in [-0.3, -0.25) is 18.6 Å². The first-order chi connectivity index (χ1) is 24.0. The summed E-state index contributed by atoms with van der Waals surface area (Å²) in [5.41, 5.74) is 0. The molecule has 2 atom stereocenters. The molecule has 0 heterocycles. The molecule has 0 aromatic heterocycles. The maximum absolute atomic E-state index is 12.6. The SMILES string of the molecule is CCCCC/C=C/C/C=C/C/C=C/C/C=C/C/C=C/CCC(=O)O[C@H](COC(=O)CCCCCCCCC)COP(=O)(O)OCC[N+](C)(C)C. The summed E-state index contributed by atoms with van der Waals surface area (Å²) in [6.07, 6.45) is 37.3. The van der Waals surface area contributed by atoms with Gasteiger partial charge in [0.15, 0.2) is 6.10 Å². The van der Waals surface area contributed by atoms with Crippen molar-refractivity contribution in [2.75, 3.05) is 47.5 Å². The number of carbonyl (C=O) groups is 2. The fourth-order valence-electron chi connectivity index (χ4n) is 4.52. The summed E-state index contributed by atoms with van der Waals surface area (Å²) in [6, 6.07) is 0. The molecule has 0 saturated carbocycles. The molecule has 0 radical (unpaired) electrons. The number of likely N-dealkylation sites (N-methyl/N-ethyl adjacent to an activating group) is 1. The summed E-state index contributed by atoms with van der Waals surface area (Å²) in [5.74, 6) is -0.909. The zero-order chi connectivity index (χ0) is 37.2. The predicted molar refractivity (Wildman–Crippen MR) is 206 cm³/mol. The molecule has 0 bridgehead atoms. The number of phosphoric acid groups is 1. The first-order valence-electron chi connectivity index (χ1n) is 19.0. The van der Waals surface area contributed by atoms with E-state index in [2.05, 4.69) is 62.5 Å². The van der Waals surface area contributed by atoms with Crippen LogP contribution < -0.4 is 0 Å². The minimum Gasteiger partial charge on any atom is -0.462 e. The van der Waals surface area contributed by atoms with Crippen molar-refractivity contribution in [2.24, 2.45) is 0 Å². The van der Waals surface area contributed by atoms with Crippen LogP contribution in [0.4, 0.5) is 0 Å². The highest BCUT2D eigenvalue weighted by Crippen LogP contribution is 2.43. The van der Waals surface area contributed by atoms with Crippen LogP contribution >= 0.6 is 7.82 Å². The number of allylic oxidation sites excluding steroid dienone is 10. The average molecular weight is 725 g/mol. The van der Waals surface area contributed by atoms with Gasteiger partial charge in [-0.2, -0.15) is 0 Å². The lowest BCUT2D eigenvalue weighted by Gasteiger charge is -2.24. The van der Waals surface area contributed by atoms with Gasteiger partial charge in [0.25, 0.3) is 0 Å². The Morgan fingerprint density at radius 3 is 1.68 bits per heavy atom. The van der Waals surface area contributed by atoms with Crippen molar-refractivity contribution in [3.63, 3.8) is 0 Å². The average Bonchev–Trinajstić information content (AvgIpc) is 3.06. The Bertz CT molecular complexity index is 1040. The lowest BCUT2D eigenvalue weighted by atomic mass is 10.1. The van der Waals surface area contributed by atoms with Crippen molar-refractivity contribution in [1.29, 1.82) is 0 Å². The van der Waals surface area contributed by atoms with Crippen LogP contribution in [-0.4, -0.2) is 74.9 Å². The molecule has 0 rings (SSSR count). The minimum atomic E-state index is -4.38. The number of unbranched alkanes of at least 4 members (excludes halogenated alkanes) is 9. The number of quaternary nitrogens is 1. The molecule has 0 fully saturated rings. The van der Waals surface area contributed by atoms with E-state index in [4.69, 9.17) is 18.5 Å². The minimum absolute atomic E-state index is 0.0164. The summed E-state index contributed by atoms with van der Waals surface area (Å²) in [4.78, 5) is 35.0. The second-order valence-corrected chi connectivity index (χ2v) is 15.1. The maximum Gasteiger partial charge on any atom is 0.472 e. The Balaban J connectivity index is 4.53. The number of phosphoric ester groups is 1. The van der Waals surface area contributed by atoms with Crippen LogP contribution in [-0.2, 0) is 32.7 Å². The highest BCUT2D eigenvalue weighted by Gasteiger charge is 2.27. The maximum atomic E-state index is 12.6. The van der Waals surface area contributed by atoms with Gasteiger partial charge in [-0.15, -0.1) is 0 Å². The molecule has 0 amide bonds. The Morgan fingerprint density at radius 2 is 1.12 bits per heavy atom. The van der Waals surface area contributed by atoms with Crippen LogP contribution in [0.2, 0.25) is 0 Å². The van der Waals surface area contributed by atoms with Gasteiger partial charge in [0.1, 0.15) is 19.8 Å². The summed E-state index contributed by atoms with van der Waals surface area (Å²) in [7, 11) is 1.42. The van der Waals surface area contributed by atoms with Gasteiger partial charge in [-0.1, -0.05) is 126 Å². The number of rotatable bonds is 33. The highest BCUT2D eigenvalue weighted by atomic mass is 31.2. The fraction of sp³-hybridized carbons (Fsp3) is 0.700. The molecule has 0 aromatic rings. The molecule has 0 saturated heterocycles. The Morgan fingerprint density at radius 1 is 0.620 bits per heavy atom. The van der Waals surface area contributed by atoms with Crippen LogP contribution in [0.1, 0.15) is 129 Å². The number of ether oxygens (including phenoxy) is 2. The molecule has 10 heteroatoms. The van der Waals surface area contributed by atoms with Crippen molar-refractivity contribution in [1.82, 2.24) is 0 Å². The van der Waals surface area contributed by atoms with Crippen LogP contribution in [0, 0.1) is 0 Å². The Kier molecular flexibility index (Phi) is 31.1. The van der Waals surface area contributed by atoms with E-state index in [1.807, 2.05) is 33.3 Å². The van der Waals surface area contributed by atoms with Gasteiger partial charge >= 0.3 is 19.8 Å². The van der Waals surface area contributed by atoms with Crippen LogP contribution in [0.15, 0.2) is 60.8 Å². The highest BCUT2D eigenvalue weighted by molar-refractivity contribution is 7.47. The number of nitrogens with zero attached hydrogens (tertiary/aromatic N) is 1. The number of carbonyl (C=O) groups excluding carboxylic acids is 2. The molecule has 0 aromatic carbocycles. The second kappa shape index (κ2) is 32.6. The lowest BCUT2D eigenvalue weighted by molar-refractivity contribution is -0.870. The van der Waals surface area contributed by atoms with Gasteiger partial charge in [0.2, 0.25) is 0 Å². The Hall–Kier alpha value is -2.29. The first-order valence-corrected chi connectivity index (χ1v) is 20.5. The van der Waals surface area contributed by atoms with Gasteiger partial charge in [0, 0.05) is 12.8 Å². The van der Waals surface area contributed by atoms with Crippen LogP contribution in [0.5, 0.6) is 0 Å². The van der Waals surface area contributed by atoms with Crippen molar-refractivity contribution in [3.8, 4) is 0 Å². The molecule has 1 unspecified atom stereocenters. The zero-order valence-corrected chi connectivity index (χ0v) is 33.0. The fourth-order valence-corrected chi connectivity index (χ4v) is 5.26. The van der Waals surface area contributed by atoms with E-state index in [1.54, 1.807) is 0 Å². The molecule has 0 aliphatic rings. The van der Waals surface area contributed by atoms with Gasteiger partial charge < -0.3 is 18.9 Å². The van der Waals surface area contributed by atoms with E-state index in [9.17, 15) is 19.0 Å². The largest absolute Gasteiger partial charge is 0.472 e. The van der Waals surface area contributed by atoms with Crippen molar-refractivity contribution in [3.05, 3.63) is 60.8 Å². The number of esters is 2. The second-order valence-electron chi connectivity index (χ2n) is 13.6. The lowest BCUT2D eigenvalue weighted by Crippen LogP contribution is -2.37. The number of hydrogen-bond donors (Lipinski definition) is 1. The predicted octanol–water partition coefficient (Wildman–Crippen LogP) is 10.1. The van der Waals surface area contributed by atoms with E-state index in [1.165, 1.54) is 44.9 Å². The van der Waals surface area contributed by atoms with Crippen molar-refractivity contribution >= 4 is 19.8 Å². The molecule has 0 aliphatic carbocycles. The quantitative estimate of drug-likeness (QED) is 0.0234. The zero-order valence-electron chi connectivity index (χ0n) is 32.1. The monoisotopic (exact) mass is 724 g/mol. The summed E-state index contributed by atoms with van der Waals surface area (Å²) in [6.45, 7) is 4.22. The van der Waals surface area contributed by atoms with E-state index < -0.39 is 32.5 Å². The number of hydrogen-bond acceptors (Lipinski definition) is 7. The summed E-state index contributed by atoms with van der Waals surface area (Å²) < 4.78 is 33.9. The third-order valence-electron chi connectivity index (χ3n) is 7.56. The topological polar surface area (TPSA) is 108 Å². The van der Waals surface area contributed by atoms with Crippen LogP contribution in [0.25, 0.3) is 0 Å². The molecule has 9 nitrogen and oxygen atoms in total. The summed E-state index contributed by atoms with van der Waals surface area (Å²) >= 11 is 0. The molecule has 0 aliphatic heterocycles. The third kappa shape index (κ3) is 35.5. The third-order valence-corrected chi connectivity index (χ3v) is 8.55. The molecular weight excluding hydrogens is 653 g/mol.